The Balaban J connectivity index is 1.41. The smallest absolute Gasteiger partial charge is 0.246 e. The lowest BCUT2D eigenvalue weighted by Crippen LogP contribution is -2.33. The van der Waals surface area contributed by atoms with Crippen LogP contribution in [0.15, 0.2) is 42.6 Å². The van der Waals surface area contributed by atoms with Gasteiger partial charge in [-0.1, -0.05) is 18.2 Å². The van der Waals surface area contributed by atoms with Crippen molar-refractivity contribution >= 4 is 40.9 Å². The standard InChI is InChI=1S/C25H26N4O3/c1-16-21(4-3-5-22(16)27-17(2)30)19-10-12-29(13-11-19)24(32)9-6-18-14-20-7-8-23(31)28-25(20)26-15-18/h3-6,9-10,14-15H,7-8,11-13H2,1-2H3,(H,27,30)(H,26,28,31)/b9-6+. The summed E-state index contributed by atoms with van der Waals surface area (Å²) >= 11 is 0. The van der Waals surface area contributed by atoms with Crippen LogP contribution in [0.25, 0.3) is 11.6 Å². The number of aromatic nitrogens is 1. The largest absolute Gasteiger partial charge is 0.335 e. The molecule has 1 aromatic heterocycles. The Morgan fingerprint density at radius 1 is 1.22 bits per heavy atom. The second kappa shape index (κ2) is 9.18. The van der Waals surface area contributed by atoms with Gasteiger partial charge < -0.3 is 15.5 Å². The highest BCUT2D eigenvalue weighted by Gasteiger charge is 2.19. The Morgan fingerprint density at radius 3 is 2.81 bits per heavy atom. The summed E-state index contributed by atoms with van der Waals surface area (Å²) in [5.74, 6) is 0.453. The molecule has 0 atom stereocenters. The van der Waals surface area contributed by atoms with E-state index >= 15 is 0 Å². The van der Waals surface area contributed by atoms with E-state index in [2.05, 4.69) is 27.8 Å². The lowest BCUT2D eigenvalue weighted by Gasteiger charge is -2.26. The number of pyridine rings is 1. The third kappa shape index (κ3) is 4.77. The number of rotatable bonds is 4. The molecule has 3 heterocycles. The van der Waals surface area contributed by atoms with Crippen LogP contribution >= 0.6 is 0 Å². The van der Waals surface area contributed by atoms with Crippen LogP contribution in [0.2, 0.25) is 0 Å². The zero-order chi connectivity index (χ0) is 22.7. The number of nitrogens with one attached hydrogen (secondary N) is 2. The van der Waals surface area contributed by atoms with Crippen molar-refractivity contribution in [1.82, 2.24) is 9.88 Å². The molecule has 2 aromatic rings. The molecular weight excluding hydrogens is 404 g/mol. The molecule has 0 unspecified atom stereocenters. The number of fused-ring (bicyclic) bond motifs is 1. The molecule has 1 aromatic carbocycles. The average molecular weight is 431 g/mol. The predicted molar refractivity (Wildman–Crippen MR) is 125 cm³/mol. The van der Waals surface area contributed by atoms with E-state index in [0.29, 0.717) is 31.7 Å². The Kier molecular flexibility index (Phi) is 6.16. The summed E-state index contributed by atoms with van der Waals surface area (Å²) in [5.41, 5.74) is 5.96. The third-order valence-corrected chi connectivity index (χ3v) is 5.80. The molecule has 0 bridgehead atoms. The Hall–Kier alpha value is -3.74. The van der Waals surface area contributed by atoms with Gasteiger partial charge in [0, 0.05) is 44.4 Å². The second-order valence-electron chi connectivity index (χ2n) is 8.08. The van der Waals surface area contributed by atoms with Crippen molar-refractivity contribution in [2.45, 2.75) is 33.1 Å². The molecule has 0 fully saturated rings. The molecule has 2 N–H and O–H groups in total. The molecule has 0 radical (unpaired) electrons. The summed E-state index contributed by atoms with van der Waals surface area (Å²) in [6, 6.07) is 7.85. The molecule has 32 heavy (non-hydrogen) atoms. The molecule has 2 aliphatic heterocycles. The molecule has 7 nitrogen and oxygen atoms in total. The Morgan fingerprint density at radius 2 is 2.06 bits per heavy atom. The SMILES string of the molecule is CC(=O)Nc1cccc(C2=CCN(C(=O)/C=C/c3cnc4c(c3)CCC(=O)N4)CC2)c1C. The fraction of sp³-hybridized carbons (Fsp3) is 0.280. The van der Waals surface area contributed by atoms with Gasteiger partial charge in [-0.2, -0.15) is 0 Å². The first-order chi connectivity index (χ1) is 15.4. The first-order valence-corrected chi connectivity index (χ1v) is 10.7. The van der Waals surface area contributed by atoms with Gasteiger partial charge in [0.15, 0.2) is 0 Å². The van der Waals surface area contributed by atoms with E-state index in [1.807, 2.05) is 25.1 Å². The quantitative estimate of drug-likeness (QED) is 0.726. The van der Waals surface area contributed by atoms with Gasteiger partial charge in [-0.25, -0.2) is 4.98 Å². The molecule has 164 valence electrons. The average Bonchev–Trinajstić information content (AvgIpc) is 2.78. The number of aryl methyl sites for hydroxylation is 1. The van der Waals surface area contributed by atoms with Gasteiger partial charge in [0.25, 0.3) is 0 Å². The van der Waals surface area contributed by atoms with Crippen molar-refractivity contribution < 1.29 is 14.4 Å². The van der Waals surface area contributed by atoms with E-state index in [4.69, 9.17) is 0 Å². The van der Waals surface area contributed by atoms with Gasteiger partial charge in [0.05, 0.1) is 0 Å². The highest BCUT2D eigenvalue weighted by atomic mass is 16.2. The number of nitrogens with zero attached hydrogens (tertiary/aromatic N) is 2. The molecule has 0 aliphatic carbocycles. The van der Waals surface area contributed by atoms with Crippen LogP contribution in [0.5, 0.6) is 0 Å². The monoisotopic (exact) mass is 430 g/mol. The van der Waals surface area contributed by atoms with Crippen molar-refractivity contribution in [3.63, 3.8) is 0 Å². The minimum absolute atomic E-state index is 0.0157. The molecule has 0 saturated carbocycles. The Bertz CT molecular complexity index is 1150. The van der Waals surface area contributed by atoms with E-state index in [1.54, 1.807) is 23.2 Å². The predicted octanol–water partition coefficient (Wildman–Crippen LogP) is 3.56. The van der Waals surface area contributed by atoms with Crippen LogP contribution in [0.4, 0.5) is 11.5 Å². The van der Waals surface area contributed by atoms with Gasteiger partial charge in [0.1, 0.15) is 5.82 Å². The first-order valence-electron chi connectivity index (χ1n) is 10.7. The van der Waals surface area contributed by atoms with Crippen LogP contribution in [0, 0.1) is 6.92 Å². The summed E-state index contributed by atoms with van der Waals surface area (Å²) in [5, 5.41) is 5.63. The zero-order valence-electron chi connectivity index (χ0n) is 18.3. The molecular formula is C25H26N4O3. The number of hydrogen-bond acceptors (Lipinski definition) is 4. The second-order valence-corrected chi connectivity index (χ2v) is 8.08. The van der Waals surface area contributed by atoms with Gasteiger partial charge >= 0.3 is 0 Å². The highest BCUT2D eigenvalue weighted by molar-refractivity contribution is 5.94. The van der Waals surface area contributed by atoms with Gasteiger partial charge in [0.2, 0.25) is 17.7 Å². The summed E-state index contributed by atoms with van der Waals surface area (Å²) in [7, 11) is 0. The van der Waals surface area contributed by atoms with Gasteiger partial charge in [-0.05, 0) is 65.8 Å². The number of benzene rings is 1. The fourth-order valence-electron chi connectivity index (χ4n) is 4.06. The number of hydrogen-bond donors (Lipinski definition) is 2. The van der Waals surface area contributed by atoms with Gasteiger partial charge in [-0.15, -0.1) is 0 Å². The van der Waals surface area contributed by atoms with Crippen LogP contribution in [-0.2, 0) is 20.8 Å². The van der Waals surface area contributed by atoms with Crippen LogP contribution in [0.3, 0.4) is 0 Å². The van der Waals surface area contributed by atoms with Crippen LogP contribution < -0.4 is 10.6 Å². The van der Waals surface area contributed by atoms with Crippen molar-refractivity contribution in [2.75, 3.05) is 23.7 Å². The lowest BCUT2D eigenvalue weighted by atomic mass is 9.94. The molecule has 7 heteroatoms. The number of carbonyl (C=O) groups excluding carboxylic acids is 3. The summed E-state index contributed by atoms with van der Waals surface area (Å²) in [6.45, 7) is 4.67. The van der Waals surface area contributed by atoms with Crippen LogP contribution in [-0.4, -0.2) is 40.7 Å². The zero-order valence-corrected chi connectivity index (χ0v) is 18.3. The number of amides is 3. The minimum Gasteiger partial charge on any atom is -0.335 e. The Labute approximate surface area is 187 Å². The van der Waals surface area contributed by atoms with E-state index in [9.17, 15) is 14.4 Å². The lowest BCUT2D eigenvalue weighted by molar-refractivity contribution is -0.125. The molecule has 0 spiro atoms. The van der Waals surface area contributed by atoms with Crippen molar-refractivity contribution in [2.24, 2.45) is 0 Å². The topological polar surface area (TPSA) is 91.4 Å². The van der Waals surface area contributed by atoms with Crippen molar-refractivity contribution in [1.29, 1.82) is 0 Å². The van der Waals surface area contributed by atoms with E-state index in [1.165, 1.54) is 12.5 Å². The van der Waals surface area contributed by atoms with Crippen LogP contribution in [0.1, 0.15) is 42.0 Å². The van der Waals surface area contributed by atoms with Gasteiger partial charge in [-0.3, -0.25) is 14.4 Å². The maximum atomic E-state index is 12.7. The molecule has 3 amide bonds. The molecule has 2 aliphatic rings. The maximum Gasteiger partial charge on any atom is 0.246 e. The number of carbonyl (C=O) groups is 3. The normalized spacial score (nSPS) is 15.8. The maximum absolute atomic E-state index is 12.7. The summed E-state index contributed by atoms with van der Waals surface area (Å²) in [4.78, 5) is 41.6. The van der Waals surface area contributed by atoms with E-state index < -0.39 is 0 Å². The summed E-state index contributed by atoms with van der Waals surface area (Å²) in [6.07, 6.45) is 8.96. The van der Waals surface area contributed by atoms with E-state index in [-0.39, 0.29) is 17.7 Å². The molecule has 0 saturated heterocycles. The summed E-state index contributed by atoms with van der Waals surface area (Å²) < 4.78 is 0. The van der Waals surface area contributed by atoms with Crippen molar-refractivity contribution in [3.8, 4) is 0 Å². The van der Waals surface area contributed by atoms with E-state index in [0.717, 1.165) is 34.4 Å². The first kappa shape index (κ1) is 21.5. The minimum atomic E-state index is -0.0923. The highest BCUT2D eigenvalue weighted by Crippen LogP contribution is 2.29. The van der Waals surface area contributed by atoms with Crippen molar-refractivity contribution in [3.05, 3.63) is 64.9 Å². The third-order valence-electron chi connectivity index (χ3n) is 5.80. The fourth-order valence-corrected chi connectivity index (χ4v) is 4.06. The number of anilines is 2. The molecule has 4 rings (SSSR count).